The van der Waals surface area contributed by atoms with Crippen molar-refractivity contribution in [2.24, 2.45) is 0 Å². The standard InChI is InChI=1S/C17H18ClFN4O3/c1-8(2)13-14(9(3)5-6-20-13)21-17-11(7-12(19)16(18)22-17)15(24)10(4)23(25)26/h5-8,10H,1-4H3,(H,21,22). The maximum atomic E-state index is 13.9. The number of aromatic nitrogens is 2. The highest BCUT2D eigenvalue weighted by atomic mass is 35.5. The van der Waals surface area contributed by atoms with Crippen LogP contribution >= 0.6 is 11.6 Å². The summed E-state index contributed by atoms with van der Waals surface area (Å²) in [6.07, 6.45) is 1.65. The van der Waals surface area contributed by atoms with E-state index in [9.17, 15) is 19.3 Å². The van der Waals surface area contributed by atoms with Gasteiger partial charge in [0.25, 0.3) is 6.04 Å². The minimum Gasteiger partial charge on any atom is -0.338 e. The summed E-state index contributed by atoms with van der Waals surface area (Å²) < 4.78 is 13.9. The number of ketones is 1. The number of rotatable bonds is 6. The molecule has 0 aliphatic carbocycles. The summed E-state index contributed by atoms with van der Waals surface area (Å²) in [5, 5.41) is 13.5. The van der Waals surface area contributed by atoms with E-state index < -0.39 is 27.7 Å². The van der Waals surface area contributed by atoms with Gasteiger partial charge in [0, 0.05) is 18.0 Å². The first-order valence-electron chi connectivity index (χ1n) is 7.89. The maximum absolute atomic E-state index is 13.9. The van der Waals surface area contributed by atoms with Crippen molar-refractivity contribution >= 4 is 28.9 Å². The molecule has 1 atom stereocenters. The zero-order valence-corrected chi connectivity index (χ0v) is 15.5. The van der Waals surface area contributed by atoms with Crippen LogP contribution in [-0.2, 0) is 0 Å². The largest absolute Gasteiger partial charge is 0.338 e. The van der Waals surface area contributed by atoms with Crippen LogP contribution in [0, 0.1) is 22.9 Å². The van der Waals surface area contributed by atoms with Gasteiger partial charge < -0.3 is 5.32 Å². The number of nitro groups is 1. The van der Waals surface area contributed by atoms with E-state index in [4.69, 9.17) is 11.6 Å². The number of carbonyl (C=O) groups excluding carboxylic acids is 1. The van der Waals surface area contributed by atoms with Gasteiger partial charge in [-0.1, -0.05) is 25.4 Å². The Kier molecular flexibility index (Phi) is 5.86. The van der Waals surface area contributed by atoms with Crippen LogP contribution in [-0.4, -0.2) is 26.7 Å². The van der Waals surface area contributed by atoms with Crippen LogP contribution in [0.3, 0.4) is 0 Å². The average Bonchev–Trinajstić information content (AvgIpc) is 2.57. The minimum absolute atomic E-state index is 0.0481. The third-order valence-corrected chi connectivity index (χ3v) is 4.14. The molecule has 0 bridgehead atoms. The Balaban J connectivity index is 2.59. The Bertz CT molecular complexity index is 873. The zero-order chi connectivity index (χ0) is 19.6. The normalized spacial score (nSPS) is 12.1. The van der Waals surface area contributed by atoms with E-state index in [0.717, 1.165) is 18.6 Å². The molecule has 0 fully saturated rings. The van der Waals surface area contributed by atoms with E-state index in [0.29, 0.717) is 11.4 Å². The number of carbonyl (C=O) groups is 1. The second-order valence-electron chi connectivity index (χ2n) is 6.15. The number of pyridine rings is 2. The first-order chi connectivity index (χ1) is 12.1. The fourth-order valence-corrected chi connectivity index (χ4v) is 2.51. The highest BCUT2D eigenvalue weighted by Gasteiger charge is 2.29. The fraction of sp³-hybridized carbons (Fsp3) is 0.353. The third kappa shape index (κ3) is 3.96. The molecule has 0 saturated carbocycles. The number of Topliss-reactive ketones (excluding diaryl/α,β-unsaturated/α-hetero) is 1. The van der Waals surface area contributed by atoms with Crippen molar-refractivity contribution in [3.63, 3.8) is 0 Å². The summed E-state index contributed by atoms with van der Waals surface area (Å²) in [6.45, 7) is 6.85. The monoisotopic (exact) mass is 380 g/mol. The molecule has 2 rings (SSSR count). The van der Waals surface area contributed by atoms with Crippen molar-refractivity contribution in [1.82, 2.24) is 9.97 Å². The highest BCUT2D eigenvalue weighted by Crippen LogP contribution is 2.31. The van der Waals surface area contributed by atoms with Gasteiger partial charge in [0.05, 0.1) is 16.9 Å². The van der Waals surface area contributed by atoms with E-state index in [2.05, 4.69) is 15.3 Å². The molecule has 0 radical (unpaired) electrons. The topological polar surface area (TPSA) is 98.0 Å². The molecular weight excluding hydrogens is 363 g/mol. The first-order valence-corrected chi connectivity index (χ1v) is 8.27. The third-order valence-electron chi connectivity index (χ3n) is 3.87. The predicted molar refractivity (Wildman–Crippen MR) is 96.3 cm³/mol. The molecule has 2 heterocycles. The Hall–Kier alpha value is -2.61. The lowest BCUT2D eigenvalue weighted by Gasteiger charge is -2.17. The Morgan fingerprint density at radius 1 is 1.38 bits per heavy atom. The van der Waals surface area contributed by atoms with Gasteiger partial charge >= 0.3 is 0 Å². The zero-order valence-electron chi connectivity index (χ0n) is 14.7. The SMILES string of the molecule is Cc1ccnc(C(C)C)c1Nc1nc(Cl)c(F)cc1C(=O)C(C)[N+](=O)[O-]. The van der Waals surface area contributed by atoms with Crippen molar-refractivity contribution in [2.45, 2.75) is 39.7 Å². The number of hydrogen-bond acceptors (Lipinski definition) is 6. The molecule has 0 aromatic carbocycles. The van der Waals surface area contributed by atoms with Gasteiger partial charge in [-0.25, -0.2) is 9.37 Å². The molecular formula is C17H18ClFN4O3. The fourth-order valence-electron chi connectivity index (χ4n) is 2.37. The Morgan fingerprint density at radius 2 is 2.04 bits per heavy atom. The molecule has 0 aliphatic heterocycles. The minimum atomic E-state index is -1.54. The smallest absolute Gasteiger partial charge is 0.272 e. The van der Waals surface area contributed by atoms with Crippen LogP contribution in [0.2, 0.25) is 5.15 Å². The van der Waals surface area contributed by atoms with E-state index in [1.807, 2.05) is 20.8 Å². The van der Waals surface area contributed by atoms with Crippen LogP contribution in [0.15, 0.2) is 18.3 Å². The molecule has 2 aromatic heterocycles. The summed E-state index contributed by atoms with van der Waals surface area (Å²) in [7, 11) is 0. The summed E-state index contributed by atoms with van der Waals surface area (Å²) >= 11 is 5.75. The number of halogens is 2. The molecule has 1 N–H and O–H groups in total. The molecule has 0 saturated heterocycles. The maximum Gasteiger partial charge on any atom is 0.272 e. The van der Waals surface area contributed by atoms with Gasteiger partial charge in [0.15, 0.2) is 11.0 Å². The predicted octanol–water partition coefficient (Wildman–Crippen LogP) is 4.29. The van der Waals surface area contributed by atoms with Crippen LogP contribution < -0.4 is 5.32 Å². The van der Waals surface area contributed by atoms with Crippen LogP contribution in [0.1, 0.15) is 48.3 Å². The molecule has 9 heteroatoms. The first kappa shape index (κ1) is 19.7. The summed E-state index contributed by atoms with van der Waals surface area (Å²) in [4.78, 5) is 30.8. The van der Waals surface area contributed by atoms with E-state index >= 15 is 0 Å². The number of hydrogen-bond donors (Lipinski definition) is 1. The van der Waals surface area contributed by atoms with E-state index in [1.165, 1.54) is 0 Å². The molecule has 26 heavy (non-hydrogen) atoms. The number of aryl methyl sites for hydroxylation is 1. The number of nitrogens with one attached hydrogen (secondary N) is 1. The van der Waals surface area contributed by atoms with E-state index in [-0.39, 0.29) is 17.3 Å². The van der Waals surface area contributed by atoms with E-state index in [1.54, 1.807) is 12.3 Å². The van der Waals surface area contributed by atoms with Gasteiger partial charge in [-0.15, -0.1) is 0 Å². The lowest BCUT2D eigenvalue weighted by Crippen LogP contribution is -2.27. The van der Waals surface area contributed by atoms with Gasteiger partial charge in [-0.05, 0) is 30.5 Å². The molecule has 138 valence electrons. The van der Waals surface area contributed by atoms with Crippen LogP contribution in [0.5, 0.6) is 0 Å². The number of nitrogens with zero attached hydrogens (tertiary/aromatic N) is 3. The van der Waals surface area contributed by atoms with Crippen molar-refractivity contribution < 1.29 is 14.1 Å². The summed E-state index contributed by atoms with van der Waals surface area (Å²) in [6, 6.07) is 1.08. The van der Waals surface area contributed by atoms with Gasteiger partial charge in [-0.2, -0.15) is 0 Å². The van der Waals surface area contributed by atoms with Gasteiger partial charge in [0.1, 0.15) is 5.82 Å². The van der Waals surface area contributed by atoms with Crippen molar-refractivity contribution in [3.8, 4) is 0 Å². The summed E-state index contributed by atoms with van der Waals surface area (Å²) in [5.41, 5.74) is 1.90. The second-order valence-corrected chi connectivity index (χ2v) is 6.51. The molecule has 1 unspecified atom stereocenters. The van der Waals surface area contributed by atoms with Crippen molar-refractivity contribution in [2.75, 3.05) is 5.32 Å². The van der Waals surface area contributed by atoms with Crippen LogP contribution in [0.25, 0.3) is 0 Å². The Morgan fingerprint density at radius 3 is 2.62 bits per heavy atom. The Labute approximate surface area is 154 Å². The van der Waals surface area contributed by atoms with Gasteiger partial charge in [-0.3, -0.25) is 19.9 Å². The number of anilines is 2. The molecule has 2 aromatic rings. The second kappa shape index (κ2) is 7.74. The molecule has 7 nitrogen and oxygen atoms in total. The van der Waals surface area contributed by atoms with Crippen molar-refractivity contribution in [1.29, 1.82) is 0 Å². The van der Waals surface area contributed by atoms with Crippen molar-refractivity contribution in [3.05, 3.63) is 56.2 Å². The molecule has 0 amide bonds. The van der Waals surface area contributed by atoms with Gasteiger partial charge in [0.2, 0.25) is 5.78 Å². The summed E-state index contributed by atoms with van der Waals surface area (Å²) in [5.74, 6) is -1.78. The molecule has 0 spiro atoms. The van der Waals surface area contributed by atoms with Crippen LogP contribution in [0.4, 0.5) is 15.9 Å². The quantitative estimate of drug-likeness (QED) is 0.347. The molecule has 0 aliphatic rings. The average molecular weight is 381 g/mol. The lowest BCUT2D eigenvalue weighted by molar-refractivity contribution is -0.500. The highest BCUT2D eigenvalue weighted by molar-refractivity contribution is 6.29. The lowest BCUT2D eigenvalue weighted by atomic mass is 10.0.